The van der Waals surface area contributed by atoms with Gasteiger partial charge in [-0.05, 0) is 36.6 Å². The smallest absolute Gasteiger partial charge is 0.406 e. The molecule has 2 fully saturated rings. The zero-order chi connectivity index (χ0) is 25.0. The van der Waals surface area contributed by atoms with Gasteiger partial charge in [0.15, 0.2) is 0 Å². The third-order valence-corrected chi connectivity index (χ3v) is 6.54. The number of likely N-dealkylation sites (tertiary alicyclic amines) is 1. The van der Waals surface area contributed by atoms with Gasteiger partial charge in [0.05, 0.1) is 25.5 Å². The van der Waals surface area contributed by atoms with Crippen LogP contribution in [-0.4, -0.2) is 85.5 Å². The van der Waals surface area contributed by atoms with Crippen molar-refractivity contribution in [3.63, 3.8) is 0 Å². The number of aromatic nitrogens is 2. The molecule has 35 heavy (non-hydrogen) atoms. The number of benzene rings is 1. The summed E-state index contributed by atoms with van der Waals surface area (Å²) in [7, 11) is 1.64. The number of aromatic amines is 1. The Labute approximate surface area is 202 Å². The molecule has 0 saturated carbocycles. The fourth-order valence-electron chi connectivity index (χ4n) is 4.76. The standard InChI is InChI=1S/C24H31F3N4O4/c1-16-11-17(3-4-22(16)35-24(25,26)27)18-12-19(21-13-20(28-29-21)5-8-33-2)15-31(14-18)23(32)30-6-9-34-10-7-30/h3-4,11,13,18-19H,5-10,12,14-15H2,1-2H3,(H,28,29). The van der Waals surface area contributed by atoms with Crippen molar-refractivity contribution in [3.05, 3.63) is 46.8 Å². The van der Waals surface area contributed by atoms with Crippen molar-refractivity contribution >= 4 is 6.03 Å². The van der Waals surface area contributed by atoms with Crippen LogP contribution in [0.1, 0.15) is 40.8 Å². The Morgan fingerprint density at radius 2 is 1.91 bits per heavy atom. The number of aryl methyl sites for hydroxylation is 1. The first-order valence-corrected chi connectivity index (χ1v) is 11.7. The molecule has 0 radical (unpaired) electrons. The number of alkyl halides is 3. The fraction of sp³-hybridized carbons (Fsp3) is 0.583. The molecule has 2 saturated heterocycles. The molecule has 2 aliphatic rings. The minimum Gasteiger partial charge on any atom is -0.406 e. The average Bonchev–Trinajstić information content (AvgIpc) is 3.32. The maximum Gasteiger partial charge on any atom is 0.573 e. The molecule has 0 aliphatic carbocycles. The Hall–Kier alpha value is -2.79. The van der Waals surface area contributed by atoms with Crippen LogP contribution in [0.25, 0.3) is 0 Å². The van der Waals surface area contributed by atoms with E-state index < -0.39 is 6.36 Å². The molecule has 0 bridgehead atoms. The molecule has 2 aliphatic heterocycles. The van der Waals surface area contributed by atoms with Crippen LogP contribution < -0.4 is 4.74 Å². The number of nitrogens with one attached hydrogen (secondary N) is 1. The topological polar surface area (TPSA) is 79.9 Å². The number of hydrogen-bond donors (Lipinski definition) is 1. The van der Waals surface area contributed by atoms with Gasteiger partial charge in [-0.2, -0.15) is 5.10 Å². The largest absolute Gasteiger partial charge is 0.573 e. The van der Waals surface area contributed by atoms with Crippen LogP contribution in [-0.2, 0) is 15.9 Å². The number of rotatable bonds is 6. The second-order valence-electron chi connectivity index (χ2n) is 9.05. The summed E-state index contributed by atoms with van der Waals surface area (Å²) in [4.78, 5) is 17.0. The van der Waals surface area contributed by atoms with E-state index in [1.54, 1.807) is 31.1 Å². The molecular formula is C24H31F3N4O4. The number of H-pyrrole nitrogens is 1. The van der Waals surface area contributed by atoms with Crippen LogP contribution in [0.3, 0.4) is 0 Å². The molecule has 8 nitrogen and oxygen atoms in total. The van der Waals surface area contributed by atoms with E-state index in [2.05, 4.69) is 14.9 Å². The summed E-state index contributed by atoms with van der Waals surface area (Å²) in [6.45, 7) is 5.26. The van der Waals surface area contributed by atoms with Gasteiger partial charge in [0, 0.05) is 57.2 Å². The lowest BCUT2D eigenvalue weighted by molar-refractivity contribution is -0.274. The Bertz CT molecular complexity index is 1010. The fourth-order valence-corrected chi connectivity index (χ4v) is 4.76. The minimum atomic E-state index is -4.75. The van der Waals surface area contributed by atoms with Crippen molar-refractivity contribution in [2.75, 3.05) is 53.1 Å². The Kier molecular flexibility index (Phi) is 7.85. The molecular weight excluding hydrogens is 465 g/mol. The van der Waals surface area contributed by atoms with Crippen LogP contribution in [0.5, 0.6) is 5.75 Å². The zero-order valence-corrected chi connectivity index (χ0v) is 19.9. The molecule has 1 aromatic carbocycles. The lowest BCUT2D eigenvalue weighted by Gasteiger charge is -2.40. The second kappa shape index (κ2) is 10.9. The number of carbonyl (C=O) groups excluding carboxylic acids is 1. The first-order valence-electron chi connectivity index (χ1n) is 11.7. The quantitative estimate of drug-likeness (QED) is 0.658. The molecule has 2 amide bonds. The summed E-state index contributed by atoms with van der Waals surface area (Å²) < 4.78 is 52.8. The summed E-state index contributed by atoms with van der Waals surface area (Å²) in [5, 5.41) is 7.56. The van der Waals surface area contributed by atoms with Crippen molar-refractivity contribution in [2.45, 2.75) is 38.0 Å². The van der Waals surface area contributed by atoms with Gasteiger partial charge in [-0.1, -0.05) is 12.1 Å². The minimum absolute atomic E-state index is 0.0160. The predicted molar refractivity (Wildman–Crippen MR) is 121 cm³/mol. The lowest BCUT2D eigenvalue weighted by atomic mass is 9.82. The summed E-state index contributed by atoms with van der Waals surface area (Å²) in [5.41, 5.74) is 3.10. The monoisotopic (exact) mass is 496 g/mol. The summed E-state index contributed by atoms with van der Waals surface area (Å²) in [6.07, 6.45) is -3.32. The van der Waals surface area contributed by atoms with Crippen molar-refractivity contribution in [1.29, 1.82) is 0 Å². The lowest BCUT2D eigenvalue weighted by Crippen LogP contribution is -2.52. The van der Waals surface area contributed by atoms with Gasteiger partial charge in [0.2, 0.25) is 0 Å². The van der Waals surface area contributed by atoms with Crippen molar-refractivity contribution in [2.24, 2.45) is 0 Å². The van der Waals surface area contributed by atoms with Crippen LogP contribution >= 0.6 is 0 Å². The van der Waals surface area contributed by atoms with Gasteiger partial charge in [-0.3, -0.25) is 5.10 Å². The summed E-state index contributed by atoms with van der Waals surface area (Å²) >= 11 is 0. The van der Waals surface area contributed by atoms with Gasteiger partial charge < -0.3 is 24.0 Å². The van der Waals surface area contributed by atoms with E-state index in [-0.39, 0.29) is 23.6 Å². The summed E-state index contributed by atoms with van der Waals surface area (Å²) in [6, 6.07) is 6.70. The van der Waals surface area contributed by atoms with Crippen LogP contribution in [0.15, 0.2) is 24.3 Å². The molecule has 2 aromatic rings. The first-order chi connectivity index (χ1) is 16.7. The van der Waals surface area contributed by atoms with Crippen LogP contribution in [0, 0.1) is 6.92 Å². The number of ether oxygens (including phenoxy) is 3. The van der Waals surface area contributed by atoms with E-state index in [4.69, 9.17) is 9.47 Å². The third kappa shape index (κ3) is 6.46. The van der Waals surface area contributed by atoms with E-state index in [0.717, 1.165) is 23.4 Å². The Balaban J connectivity index is 1.57. The van der Waals surface area contributed by atoms with Crippen molar-refractivity contribution < 1.29 is 32.2 Å². The van der Waals surface area contributed by atoms with Crippen molar-refractivity contribution in [1.82, 2.24) is 20.0 Å². The maximum absolute atomic E-state index is 13.3. The molecule has 2 atom stereocenters. The number of halogens is 3. The van der Waals surface area contributed by atoms with E-state index in [1.165, 1.54) is 6.07 Å². The predicted octanol–water partition coefficient (Wildman–Crippen LogP) is 3.83. The number of amides is 2. The maximum atomic E-state index is 13.3. The molecule has 11 heteroatoms. The van der Waals surface area contributed by atoms with Crippen LogP contribution in [0.4, 0.5) is 18.0 Å². The van der Waals surface area contributed by atoms with Gasteiger partial charge in [0.1, 0.15) is 5.75 Å². The molecule has 1 N–H and O–H groups in total. The molecule has 3 heterocycles. The number of hydrogen-bond acceptors (Lipinski definition) is 5. The number of urea groups is 1. The van der Waals surface area contributed by atoms with Crippen LogP contribution in [0.2, 0.25) is 0 Å². The normalized spacial score (nSPS) is 21.3. The Morgan fingerprint density at radius 1 is 1.17 bits per heavy atom. The number of methoxy groups -OCH3 is 1. The second-order valence-corrected chi connectivity index (χ2v) is 9.05. The van der Waals surface area contributed by atoms with E-state index in [9.17, 15) is 18.0 Å². The average molecular weight is 497 g/mol. The highest BCUT2D eigenvalue weighted by Gasteiger charge is 2.36. The molecule has 1 aromatic heterocycles. The van der Waals surface area contributed by atoms with Crippen molar-refractivity contribution in [3.8, 4) is 5.75 Å². The Morgan fingerprint density at radius 3 is 2.60 bits per heavy atom. The summed E-state index contributed by atoms with van der Waals surface area (Å²) in [5.74, 6) is -0.292. The molecule has 192 valence electrons. The highest BCUT2D eigenvalue weighted by Crippen LogP contribution is 2.38. The third-order valence-electron chi connectivity index (χ3n) is 6.54. The SMILES string of the molecule is COCCc1cc(C2CC(c3ccc(OC(F)(F)F)c(C)c3)CN(C(=O)N3CCOCC3)C2)n[nH]1. The molecule has 0 spiro atoms. The molecule has 4 rings (SSSR count). The number of piperidine rings is 1. The molecule has 2 unspecified atom stereocenters. The number of morpholine rings is 1. The number of nitrogens with zero attached hydrogens (tertiary/aromatic N) is 3. The highest BCUT2D eigenvalue weighted by atomic mass is 19.4. The highest BCUT2D eigenvalue weighted by molar-refractivity contribution is 5.75. The first kappa shape index (κ1) is 25.3. The van der Waals surface area contributed by atoms with E-state index in [0.29, 0.717) is 58.0 Å². The number of carbonyl (C=O) groups is 1. The van der Waals surface area contributed by atoms with Gasteiger partial charge in [0.25, 0.3) is 0 Å². The zero-order valence-electron chi connectivity index (χ0n) is 19.9. The van der Waals surface area contributed by atoms with Gasteiger partial charge in [-0.15, -0.1) is 13.2 Å². The van der Waals surface area contributed by atoms with Gasteiger partial charge >= 0.3 is 12.4 Å². The van der Waals surface area contributed by atoms with E-state index >= 15 is 0 Å². The van der Waals surface area contributed by atoms with Gasteiger partial charge in [-0.25, -0.2) is 4.79 Å². The van der Waals surface area contributed by atoms with E-state index in [1.807, 2.05) is 11.0 Å².